The summed E-state index contributed by atoms with van der Waals surface area (Å²) < 4.78 is 0. The molecule has 0 radical (unpaired) electrons. The van der Waals surface area contributed by atoms with E-state index in [0.717, 1.165) is 45.3 Å². The fourth-order valence-corrected chi connectivity index (χ4v) is 3.90. The van der Waals surface area contributed by atoms with E-state index in [1.54, 1.807) is 4.90 Å². The number of imide groups is 1. The van der Waals surface area contributed by atoms with Gasteiger partial charge in [-0.15, -0.1) is 0 Å². The van der Waals surface area contributed by atoms with E-state index in [0.29, 0.717) is 12.2 Å². The first-order valence-electron chi connectivity index (χ1n) is 9.88. The molecule has 152 valence electrons. The number of carbonyl (C=O) groups is 2. The van der Waals surface area contributed by atoms with Gasteiger partial charge in [0.2, 0.25) is 0 Å². The number of likely N-dealkylation sites (tertiary alicyclic amines) is 2. The number of non-ortho nitro benzene ring substituents is 1. The highest BCUT2D eigenvalue weighted by molar-refractivity contribution is 6.00. The highest BCUT2D eigenvalue weighted by Gasteiger charge is 2.28. The Balaban J connectivity index is 1.50. The second kappa shape index (κ2) is 9.50. The Morgan fingerprint density at radius 3 is 2.43 bits per heavy atom. The summed E-state index contributed by atoms with van der Waals surface area (Å²) in [5.41, 5.74) is 0.330. The van der Waals surface area contributed by atoms with E-state index in [9.17, 15) is 19.7 Å². The van der Waals surface area contributed by atoms with Crippen LogP contribution in [0, 0.1) is 10.1 Å². The van der Waals surface area contributed by atoms with Crippen LogP contribution in [0.25, 0.3) is 0 Å². The molecule has 1 aromatic rings. The number of benzene rings is 1. The summed E-state index contributed by atoms with van der Waals surface area (Å²) in [6, 6.07) is 4.60. The molecule has 2 aliphatic heterocycles. The van der Waals surface area contributed by atoms with Gasteiger partial charge in [-0.3, -0.25) is 15.4 Å². The first kappa shape index (κ1) is 20.1. The van der Waals surface area contributed by atoms with Gasteiger partial charge in [0.1, 0.15) is 0 Å². The van der Waals surface area contributed by atoms with Gasteiger partial charge in [0.25, 0.3) is 5.69 Å². The van der Waals surface area contributed by atoms with Crippen LogP contribution in [0.3, 0.4) is 0 Å². The van der Waals surface area contributed by atoms with Crippen molar-refractivity contribution in [1.29, 1.82) is 0 Å². The third-order valence-electron chi connectivity index (χ3n) is 5.42. The molecular formula is C19H27N5O4. The molecule has 0 aliphatic carbocycles. The average molecular weight is 389 g/mol. The summed E-state index contributed by atoms with van der Waals surface area (Å²) in [4.78, 5) is 39.1. The SMILES string of the molecule is O=C(NC(=O)N1CCCCC1CCN1CCCC1)Nc1ccc([N+](=O)[O-])cc1. The lowest BCUT2D eigenvalue weighted by molar-refractivity contribution is -0.384. The highest BCUT2D eigenvalue weighted by atomic mass is 16.6. The maximum Gasteiger partial charge on any atom is 0.327 e. The van der Waals surface area contributed by atoms with Gasteiger partial charge in [-0.1, -0.05) is 0 Å². The lowest BCUT2D eigenvalue weighted by Crippen LogP contribution is -2.51. The van der Waals surface area contributed by atoms with Crippen molar-refractivity contribution in [1.82, 2.24) is 15.1 Å². The van der Waals surface area contributed by atoms with Gasteiger partial charge in [-0.05, 0) is 63.7 Å². The minimum Gasteiger partial charge on any atom is -0.321 e. The van der Waals surface area contributed by atoms with E-state index >= 15 is 0 Å². The normalized spacial score (nSPS) is 20.0. The number of nitrogens with zero attached hydrogens (tertiary/aromatic N) is 3. The number of nitro groups is 1. The van der Waals surface area contributed by atoms with E-state index in [2.05, 4.69) is 15.5 Å². The van der Waals surface area contributed by atoms with Crippen molar-refractivity contribution >= 4 is 23.4 Å². The standard InChI is InChI=1S/C19H27N5O4/c25-18(20-15-6-8-17(9-7-15)24(27)28)21-19(26)23-13-2-1-5-16(23)10-14-22-11-3-4-12-22/h6-9,16H,1-5,10-14H2,(H2,20,21,25,26). The summed E-state index contributed by atoms with van der Waals surface area (Å²) in [6.45, 7) is 3.91. The summed E-state index contributed by atoms with van der Waals surface area (Å²) >= 11 is 0. The van der Waals surface area contributed by atoms with Crippen molar-refractivity contribution < 1.29 is 14.5 Å². The summed E-state index contributed by atoms with van der Waals surface area (Å²) in [6.07, 6.45) is 6.43. The number of piperidine rings is 1. The van der Waals surface area contributed by atoms with Gasteiger partial charge < -0.3 is 15.1 Å². The largest absolute Gasteiger partial charge is 0.327 e. The lowest BCUT2D eigenvalue weighted by atomic mass is 9.99. The average Bonchev–Trinajstić information content (AvgIpc) is 3.20. The van der Waals surface area contributed by atoms with Crippen LogP contribution in [-0.2, 0) is 0 Å². The molecule has 1 unspecified atom stereocenters. The predicted octanol–water partition coefficient (Wildman–Crippen LogP) is 3.18. The van der Waals surface area contributed by atoms with E-state index in [-0.39, 0.29) is 17.8 Å². The molecule has 9 nitrogen and oxygen atoms in total. The Morgan fingerprint density at radius 2 is 1.75 bits per heavy atom. The Kier molecular flexibility index (Phi) is 6.80. The predicted molar refractivity (Wildman–Crippen MR) is 105 cm³/mol. The number of anilines is 1. The van der Waals surface area contributed by atoms with E-state index in [1.807, 2.05) is 0 Å². The zero-order chi connectivity index (χ0) is 19.9. The first-order valence-corrected chi connectivity index (χ1v) is 9.88. The number of urea groups is 2. The number of rotatable bonds is 5. The Morgan fingerprint density at radius 1 is 1.07 bits per heavy atom. The van der Waals surface area contributed by atoms with Gasteiger partial charge >= 0.3 is 12.1 Å². The molecule has 2 saturated heterocycles. The second-order valence-electron chi connectivity index (χ2n) is 7.37. The van der Waals surface area contributed by atoms with Crippen LogP contribution in [0.5, 0.6) is 0 Å². The molecule has 3 rings (SSSR count). The second-order valence-corrected chi connectivity index (χ2v) is 7.37. The van der Waals surface area contributed by atoms with Crippen molar-refractivity contribution in [2.24, 2.45) is 0 Å². The van der Waals surface area contributed by atoms with Crippen LogP contribution in [-0.4, -0.2) is 59.0 Å². The molecule has 0 spiro atoms. The van der Waals surface area contributed by atoms with Crippen molar-refractivity contribution in [2.75, 3.05) is 31.5 Å². The van der Waals surface area contributed by atoms with E-state index in [4.69, 9.17) is 0 Å². The third kappa shape index (κ3) is 5.41. The molecule has 0 saturated carbocycles. The first-order chi connectivity index (χ1) is 13.5. The van der Waals surface area contributed by atoms with Crippen molar-refractivity contribution in [3.05, 3.63) is 34.4 Å². The number of hydrogen-bond acceptors (Lipinski definition) is 5. The minimum absolute atomic E-state index is 0.0591. The van der Waals surface area contributed by atoms with E-state index < -0.39 is 11.0 Å². The van der Waals surface area contributed by atoms with Crippen LogP contribution >= 0.6 is 0 Å². The fraction of sp³-hybridized carbons (Fsp3) is 0.579. The highest BCUT2D eigenvalue weighted by Crippen LogP contribution is 2.21. The maximum atomic E-state index is 12.6. The number of carbonyl (C=O) groups excluding carboxylic acids is 2. The van der Waals surface area contributed by atoms with Crippen LogP contribution in [0.1, 0.15) is 38.5 Å². The minimum atomic E-state index is -0.636. The fourth-order valence-electron chi connectivity index (χ4n) is 3.90. The molecule has 0 aromatic heterocycles. The molecule has 2 heterocycles. The van der Waals surface area contributed by atoms with Crippen LogP contribution in [0.4, 0.5) is 21.0 Å². The summed E-state index contributed by atoms with van der Waals surface area (Å²) in [7, 11) is 0. The van der Waals surface area contributed by atoms with Crippen molar-refractivity contribution in [2.45, 2.75) is 44.6 Å². The van der Waals surface area contributed by atoms with Gasteiger partial charge in [0.05, 0.1) is 4.92 Å². The molecule has 4 amide bonds. The molecular weight excluding hydrogens is 362 g/mol. The Labute approximate surface area is 164 Å². The topological polar surface area (TPSA) is 108 Å². The number of nitrogens with one attached hydrogen (secondary N) is 2. The molecule has 1 atom stereocenters. The number of hydrogen-bond donors (Lipinski definition) is 2. The summed E-state index contributed by atoms with van der Waals surface area (Å²) in [5.74, 6) is 0. The number of nitro benzene ring substituents is 1. The molecule has 2 N–H and O–H groups in total. The van der Waals surface area contributed by atoms with Gasteiger partial charge in [-0.2, -0.15) is 0 Å². The molecule has 9 heteroatoms. The van der Waals surface area contributed by atoms with Crippen LogP contribution < -0.4 is 10.6 Å². The molecule has 2 aliphatic rings. The van der Waals surface area contributed by atoms with E-state index in [1.165, 1.54) is 37.1 Å². The van der Waals surface area contributed by atoms with Gasteiger partial charge in [0, 0.05) is 37.0 Å². The maximum absolute atomic E-state index is 12.6. The Hall–Kier alpha value is -2.68. The zero-order valence-corrected chi connectivity index (χ0v) is 15.9. The summed E-state index contributed by atoms with van der Waals surface area (Å²) in [5, 5.41) is 15.6. The van der Waals surface area contributed by atoms with Crippen molar-refractivity contribution in [3.8, 4) is 0 Å². The monoisotopic (exact) mass is 389 g/mol. The van der Waals surface area contributed by atoms with Crippen LogP contribution in [0.2, 0.25) is 0 Å². The zero-order valence-electron chi connectivity index (χ0n) is 15.9. The van der Waals surface area contributed by atoms with Gasteiger partial charge in [0.15, 0.2) is 0 Å². The molecule has 2 fully saturated rings. The number of amides is 4. The Bertz CT molecular complexity index is 703. The smallest absolute Gasteiger partial charge is 0.321 e. The molecule has 1 aromatic carbocycles. The third-order valence-corrected chi connectivity index (χ3v) is 5.42. The van der Waals surface area contributed by atoms with Gasteiger partial charge in [-0.25, -0.2) is 9.59 Å². The molecule has 0 bridgehead atoms. The lowest BCUT2D eigenvalue weighted by Gasteiger charge is -2.36. The van der Waals surface area contributed by atoms with Crippen molar-refractivity contribution in [3.63, 3.8) is 0 Å². The quantitative estimate of drug-likeness (QED) is 0.594. The molecule has 28 heavy (non-hydrogen) atoms. The van der Waals surface area contributed by atoms with Crippen LogP contribution in [0.15, 0.2) is 24.3 Å².